The molecule has 26 heavy (non-hydrogen) atoms. The lowest BCUT2D eigenvalue weighted by molar-refractivity contribution is 0.231. The molecule has 2 aromatic carbocycles. The quantitative estimate of drug-likeness (QED) is 0.584. The average Bonchev–Trinajstić information content (AvgIpc) is 3.12. The van der Waals surface area contributed by atoms with E-state index in [1.807, 2.05) is 31.3 Å². The summed E-state index contributed by atoms with van der Waals surface area (Å²) in [7, 11) is 3.69. The van der Waals surface area contributed by atoms with Crippen LogP contribution in [0.25, 0.3) is 10.6 Å². The van der Waals surface area contributed by atoms with Crippen LogP contribution >= 0.6 is 11.3 Å². The number of methoxy groups -OCH3 is 1. The number of benzene rings is 2. The summed E-state index contributed by atoms with van der Waals surface area (Å²) >= 11 is 1.63. The molecule has 0 atom stereocenters. The molecule has 0 N–H and O–H groups in total. The molecule has 0 aliphatic heterocycles. The highest BCUT2D eigenvalue weighted by Crippen LogP contribution is 2.26. The topological polar surface area (TPSA) is 34.6 Å². The molecule has 0 fully saturated rings. The molecule has 0 aliphatic carbocycles. The van der Waals surface area contributed by atoms with Crippen LogP contribution in [-0.4, -0.2) is 37.2 Å². The van der Waals surface area contributed by atoms with E-state index in [4.69, 9.17) is 14.5 Å². The Morgan fingerprint density at radius 1 is 1.04 bits per heavy atom. The van der Waals surface area contributed by atoms with E-state index in [0.29, 0.717) is 12.4 Å². The van der Waals surface area contributed by atoms with Gasteiger partial charge in [-0.15, -0.1) is 11.3 Å². The lowest BCUT2D eigenvalue weighted by Gasteiger charge is -2.15. The lowest BCUT2D eigenvalue weighted by atomic mass is 10.2. The van der Waals surface area contributed by atoms with Crippen molar-refractivity contribution in [2.45, 2.75) is 6.54 Å². The largest absolute Gasteiger partial charge is 0.497 e. The first-order valence-corrected chi connectivity index (χ1v) is 9.18. The van der Waals surface area contributed by atoms with Gasteiger partial charge in [-0.25, -0.2) is 9.37 Å². The van der Waals surface area contributed by atoms with E-state index in [9.17, 15) is 4.39 Å². The minimum atomic E-state index is -0.259. The van der Waals surface area contributed by atoms with Crippen molar-refractivity contribution in [3.8, 4) is 22.1 Å². The van der Waals surface area contributed by atoms with Crippen LogP contribution in [-0.2, 0) is 6.54 Å². The van der Waals surface area contributed by atoms with Gasteiger partial charge in [-0.1, -0.05) is 0 Å². The van der Waals surface area contributed by atoms with Crippen molar-refractivity contribution in [3.63, 3.8) is 0 Å². The molecule has 0 radical (unpaired) electrons. The molecular weight excluding hydrogens is 351 g/mol. The molecule has 0 bridgehead atoms. The Kier molecular flexibility index (Phi) is 6.20. The number of rotatable bonds is 8. The van der Waals surface area contributed by atoms with Gasteiger partial charge < -0.3 is 9.47 Å². The molecule has 0 saturated carbocycles. The summed E-state index contributed by atoms with van der Waals surface area (Å²) in [5.41, 5.74) is 2.12. The second kappa shape index (κ2) is 8.78. The zero-order valence-corrected chi connectivity index (χ0v) is 15.6. The summed E-state index contributed by atoms with van der Waals surface area (Å²) in [5, 5.41) is 3.08. The number of hydrogen-bond donors (Lipinski definition) is 0. The maximum absolute atomic E-state index is 12.9. The standard InChI is InChI=1S/C20H21FN2O2S/c1-23(11-12-25-19-9-5-16(21)6-10-19)13-17-14-26-20(22-17)15-3-7-18(24-2)8-4-15/h3-10,14H,11-13H2,1-2H3. The predicted octanol–water partition coefficient (Wildman–Crippen LogP) is 4.47. The lowest BCUT2D eigenvalue weighted by Crippen LogP contribution is -2.24. The first-order valence-electron chi connectivity index (χ1n) is 8.30. The van der Waals surface area contributed by atoms with Gasteiger partial charge in [0.1, 0.15) is 28.9 Å². The van der Waals surface area contributed by atoms with Gasteiger partial charge in [-0.2, -0.15) is 0 Å². The average molecular weight is 372 g/mol. The first kappa shape index (κ1) is 18.4. The van der Waals surface area contributed by atoms with Gasteiger partial charge in [0.25, 0.3) is 0 Å². The number of ether oxygens (including phenoxy) is 2. The van der Waals surface area contributed by atoms with Gasteiger partial charge in [0, 0.05) is 24.0 Å². The number of nitrogens with zero attached hydrogens (tertiary/aromatic N) is 2. The van der Waals surface area contributed by atoms with Crippen molar-refractivity contribution in [2.75, 3.05) is 27.3 Å². The monoisotopic (exact) mass is 372 g/mol. The molecule has 0 aliphatic rings. The van der Waals surface area contributed by atoms with Gasteiger partial charge in [0.2, 0.25) is 0 Å². The Balaban J connectivity index is 1.49. The summed E-state index contributed by atoms with van der Waals surface area (Å²) in [6.07, 6.45) is 0. The summed E-state index contributed by atoms with van der Waals surface area (Å²) < 4.78 is 23.7. The van der Waals surface area contributed by atoms with Crippen LogP contribution in [0, 0.1) is 5.82 Å². The summed E-state index contributed by atoms with van der Waals surface area (Å²) in [4.78, 5) is 6.85. The highest BCUT2D eigenvalue weighted by molar-refractivity contribution is 7.13. The minimum absolute atomic E-state index is 0.259. The SMILES string of the molecule is COc1ccc(-c2nc(CN(C)CCOc3ccc(F)cc3)cs2)cc1. The molecule has 1 heterocycles. The van der Waals surface area contributed by atoms with E-state index in [1.165, 1.54) is 12.1 Å². The smallest absolute Gasteiger partial charge is 0.123 e. The van der Waals surface area contributed by atoms with Gasteiger partial charge in [0.15, 0.2) is 0 Å². The number of halogens is 1. The zero-order chi connectivity index (χ0) is 18.4. The Bertz CT molecular complexity index is 819. The molecule has 0 spiro atoms. The van der Waals surface area contributed by atoms with Crippen LogP contribution in [0.4, 0.5) is 4.39 Å². The van der Waals surface area contributed by atoms with Gasteiger partial charge in [-0.05, 0) is 55.6 Å². The molecular formula is C20H21FN2O2S. The fourth-order valence-electron chi connectivity index (χ4n) is 2.45. The Morgan fingerprint density at radius 2 is 1.73 bits per heavy atom. The van der Waals surface area contributed by atoms with Gasteiger partial charge >= 0.3 is 0 Å². The summed E-state index contributed by atoms with van der Waals surface area (Å²) in [6.45, 7) is 2.05. The van der Waals surface area contributed by atoms with Crippen LogP contribution in [0.1, 0.15) is 5.69 Å². The second-order valence-corrected chi connectivity index (χ2v) is 6.77. The molecule has 136 valence electrons. The molecule has 3 aromatic rings. The number of likely N-dealkylation sites (N-methyl/N-ethyl adjacent to an activating group) is 1. The number of aromatic nitrogens is 1. The molecule has 4 nitrogen and oxygen atoms in total. The van der Waals surface area contributed by atoms with E-state index in [0.717, 1.165) is 35.1 Å². The zero-order valence-electron chi connectivity index (χ0n) is 14.8. The molecule has 0 saturated heterocycles. The van der Waals surface area contributed by atoms with E-state index < -0.39 is 0 Å². The number of thiazole rings is 1. The summed E-state index contributed by atoms with van der Waals surface area (Å²) in [6, 6.07) is 14.0. The Morgan fingerprint density at radius 3 is 2.42 bits per heavy atom. The molecule has 1 aromatic heterocycles. The third-order valence-electron chi connectivity index (χ3n) is 3.88. The maximum Gasteiger partial charge on any atom is 0.123 e. The van der Waals surface area contributed by atoms with Crippen LogP contribution < -0.4 is 9.47 Å². The predicted molar refractivity (Wildman–Crippen MR) is 102 cm³/mol. The van der Waals surface area contributed by atoms with Gasteiger partial charge in [-0.3, -0.25) is 4.90 Å². The third-order valence-corrected chi connectivity index (χ3v) is 4.82. The first-order chi connectivity index (χ1) is 12.6. The molecule has 6 heteroatoms. The molecule has 0 amide bonds. The van der Waals surface area contributed by atoms with Crippen molar-refractivity contribution in [3.05, 3.63) is 65.4 Å². The minimum Gasteiger partial charge on any atom is -0.497 e. The van der Waals surface area contributed by atoms with Crippen molar-refractivity contribution in [1.82, 2.24) is 9.88 Å². The van der Waals surface area contributed by atoms with Crippen LogP contribution in [0.15, 0.2) is 53.9 Å². The molecule has 0 unspecified atom stereocenters. The summed E-state index contributed by atoms with van der Waals surface area (Å²) in [5.74, 6) is 1.26. The maximum atomic E-state index is 12.9. The van der Waals surface area contributed by atoms with Crippen LogP contribution in [0.3, 0.4) is 0 Å². The normalized spacial score (nSPS) is 10.9. The molecule has 3 rings (SSSR count). The van der Waals surface area contributed by atoms with Gasteiger partial charge in [0.05, 0.1) is 12.8 Å². The van der Waals surface area contributed by atoms with E-state index >= 15 is 0 Å². The highest BCUT2D eigenvalue weighted by Gasteiger charge is 2.08. The second-order valence-electron chi connectivity index (χ2n) is 5.91. The van der Waals surface area contributed by atoms with E-state index in [2.05, 4.69) is 10.3 Å². The fourth-order valence-corrected chi connectivity index (χ4v) is 3.27. The highest BCUT2D eigenvalue weighted by atomic mass is 32.1. The Labute approximate surface area is 156 Å². The third kappa shape index (κ3) is 5.03. The Hall–Kier alpha value is -2.44. The van der Waals surface area contributed by atoms with Crippen molar-refractivity contribution in [2.24, 2.45) is 0 Å². The van der Waals surface area contributed by atoms with E-state index in [-0.39, 0.29) is 5.82 Å². The van der Waals surface area contributed by atoms with Crippen molar-refractivity contribution >= 4 is 11.3 Å². The van der Waals surface area contributed by atoms with Crippen LogP contribution in [0.2, 0.25) is 0 Å². The van der Waals surface area contributed by atoms with E-state index in [1.54, 1.807) is 30.6 Å². The van der Waals surface area contributed by atoms with Crippen molar-refractivity contribution < 1.29 is 13.9 Å². The number of hydrogen-bond acceptors (Lipinski definition) is 5. The van der Waals surface area contributed by atoms with Crippen LogP contribution in [0.5, 0.6) is 11.5 Å². The fraction of sp³-hybridized carbons (Fsp3) is 0.250. The van der Waals surface area contributed by atoms with Crippen molar-refractivity contribution in [1.29, 1.82) is 0 Å².